The monoisotopic (exact) mass is 397 g/mol. The van der Waals surface area contributed by atoms with E-state index in [-0.39, 0.29) is 5.78 Å². The molecule has 1 aliphatic rings. The molecule has 138 valence electrons. The van der Waals surface area contributed by atoms with Crippen molar-refractivity contribution in [2.45, 2.75) is 26.5 Å². The van der Waals surface area contributed by atoms with Gasteiger partial charge in [0.15, 0.2) is 11.6 Å². The van der Waals surface area contributed by atoms with Gasteiger partial charge in [0.2, 0.25) is 0 Å². The largest absolute Gasteiger partial charge is 0.360 e. The molecule has 0 aliphatic carbocycles. The second kappa shape index (κ2) is 7.40. The molecule has 0 unspecified atom stereocenters. The third-order valence-corrected chi connectivity index (χ3v) is 6.70. The molecule has 7 heteroatoms. The highest BCUT2D eigenvalue weighted by molar-refractivity contribution is 8.38. The Hall–Kier alpha value is -2.25. The van der Waals surface area contributed by atoms with Crippen molar-refractivity contribution in [3.63, 3.8) is 0 Å². The van der Waals surface area contributed by atoms with E-state index >= 15 is 0 Å². The molecule has 0 fully saturated rings. The van der Waals surface area contributed by atoms with Gasteiger partial charge < -0.3 is 4.52 Å². The average Bonchev–Trinajstić information content (AvgIpc) is 3.22. The zero-order valence-corrected chi connectivity index (χ0v) is 17.0. The molecule has 1 aliphatic heterocycles. The number of benzene rings is 1. The second-order valence-corrected chi connectivity index (χ2v) is 8.61. The normalized spacial score (nSPS) is 13.4. The number of rotatable bonds is 4. The Morgan fingerprint density at radius 3 is 2.85 bits per heavy atom. The van der Waals surface area contributed by atoms with Crippen LogP contribution in [0.1, 0.15) is 33.1 Å². The van der Waals surface area contributed by atoms with Crippen molar-refractivity contribution in [1.29, 1.82) is 0 Å². The van der Waals surface area contributed by atoms with Crippen LogP contribution >= 0.6 is 23.5 Å². The zero-order valence-electron chi connectivity index (χ0n) is 15.4. The van der Waals surface area contributed by atoms with Crippen LogP contribution in [0.25, 0.3) is 5.82 Å². The second-order valence-electron chi connectivity index (χ2n) is 6.42. The first kappa shape index (κ1) is 18.1. The minimum atomic E-state index is 0.0988. The highest BCUT2D eigenvalue weighted by Crippen LogP contribution is 2.34. The number of hydrogen-bond acceptors (Lipinski definition) is 6. The Bertz CT molecular complexity index is 1050. The zero-order chi connectivity index (χ0) is 19.0. The van der Waals surface area contributed by atoms with Gasteiger partial charge >= 0.3 is 0 Å². The molecule has 0 amide bonds. The van der Waals surface area contributed by atoms with Gasteiger partial charge in [-0.05, 0) is 38.5 Å². The van der Waals surface area contributed by atoms with Gasteiger partial charge in [-0.25, -0.2) is 4.99 Å². The Balaban J connectivity index is 1.51. The highest BCUT2D eigenvalue weighted by Gasteiger charge is 2.20. The summed E-state index contributed by atoms with van der Waals surface area (Å²) in [6, 6.07) is 11.9. The maximum absolute atomic E-state index is 12.8. The quantitative estimate of drug-likeness (QED) is 0.563. The van der Waals surface area contributed by atoms with E-state index in [0.29, 0.717) is 11.6 Å². The van der Waals surface area contributed by atoms with Gasteiger partial charge in [-0.2, -0.15) is 0 Å². The number of hydrogen-bond donors (Lipinski definition) is 0. The fourth-order valence-electron chi connectivity index (χ4n) is 3.15. The smallest absolute Gasteiger partial charge is 0.180 e. The van der Waals surface area contributed by atoms with Crippen LogP contribution in [0.5, 0.6) is 0 Å². The minimum absolute atomic E-state index is 0.0988. The van der Waals surface area contributed by atoms with Gasteiger partial charge in [0.05, 0.1) is 11.4 Å². The molecule has 1 aromatic carbocycles. The number of aryl methyl sites for hydroxylation is 2. The molecule has 0 atom stereocenters. The molecule has 3 heterocycles. The summed E-state index contributed by atoms with van der Waals surface area (Å²) in [7, 11) is 0. The lowest BCUT2D eigenvalue weighted by Gasteiger charge is -2.13. The fourth-order valence-corrected chi connectivity index (χ4v) is 5.09. The first-order valence-electron chi connectivity index (χ1n) is 8.61. The number of fused-ring (bicyclic) bond motifs is 1. The summed E-state index contributed by atoms with van der Waals surface area (Å²) < 4.78 is 8.08. The van der Waals surface area contributed by atoms with E-state index in [1.54, 1.807) is 11.8 Å². The fraction of sp³-hybridized carbons (Fsp3) is 0.250. The molecule has 3 aromatic rings. The van der Waals surface area contributed by atoms with Gasteiger partial charge in [0.1, 0.15) is 10.1 Å². The van der Waals surface area contributed by atoms with Crippen molar-refractivity contribution in [3.05, 3.63) is 64.7 Å². The van der Waals surface area contributed by atoms with Crippen molar-refractivity contribution in [3.8, 4) is 5.82 Å². The number of aliphatic imine (C=N–C) groups is 1. The predicted molar refractivity (Wildman–Crippen MR) is 112 cm³/mol. The summed E-state index contributed by atoms with van der Waals surface area (Å²) in [5.41, 5.74) is 4.82. The third kappa shape index (κ3) is 3.61. The Morgan fingerprint density at radius 2 is 2.07 bits per heavy atom. The molecule has 2 aromatic heterocycles. The topological polar surface area (TPSA) is 60.4 Å². The Kier molecular flexibility index (Phi) is 4.97. The summed E-state index contributed by atoms with van der Waals surface area (Å²) in [6.07, 6.45) is 0. The number of nitrogens with zero attached hydrogens (tertiary/aromatic N) is 3. The van der Waals surface area contributed by atoms with Crippen molar-refractivity contribution in [1.82, 2.24) is 9.72 Å². The molecule has 0 radical (unpaired) electrons. The van der Waals surface area contributed by atoms with Gasteiger partial charge in [-0.1, -0.05) is 46.9 Å². The van der Waals surface area contributed by atoms with Crippen LogP contribution in [-0.2, 0) is 5.75 Å². The van der Waals surface area contributed by atoms with Crippen molar-refractivity contribution in [2.75, 3.05) is 5.75 Å². The molecule has 5 nitrogen and oxygen atoms in total. The summed E-state index contributed by atoms with van der Waals surface area (Å²) in [5, 5.41) is 4.07. The van der Waals surface area contributed by atoms with Crippen LogP contribution in [0.15, 0.2) is 45.9 Å². The van der Waals surface area contributed by atoms with Crippen molar-refractivity contribution in [2.24, 2.45) is 4.99 Å². The standard InChI is InChI=1S/C20H19N3O2S2/c1-12-8-16(14(3)23(12)19-9-13(2)25-22-19)18(24)11-27-20-21-17-7-5-4-6-15(17)10-26-20/h4-9H,10-11H2,1-3H3. The lowest BCUT2D eigenvalue weighted by molar-refractivity contribution is 0.102. The lowest BCUT2D eigenvalue weighted by Crippen LogP contribution is -2.07. The first-order chi connectivity index (χ1) is 13.0. The number of para-hydroxylation sites is 1. The Morgan fingerprint density at radius 1 is 1.26 bits per heavy atom. The number of carbonyl (C=O) groups excluding carboxylic acids is 1. The average molecular weight is 398 g/mol. The van der Waals surface area contributed by atoms with Gasteiger partial charge in [-0.15, -0.1) is 0 Å². The number of aromatic nitrogens is 2. The van der Waals surface area contributed by atoms with Crippen molar-refractivity contribution < 1.29 is 9.32 Å². The van der Waals surface area contributed by atoms with Crippen LogP contribution in [0.2, 0.25) is 0 Å². The highest BCUT2D eigenvalue weighted by atomic mass is 32.2. The summed E-state index contributed by atoms with van der Waals surface area (Å²) in [5.74, 6) is 2.82. The van der Waals surface area contributed by atoms with E-state index in [9.17, 15) is 4.79 Å². The molecule has 0 saturated carbocycles. The van der Waals surface area contributed by atoms with Crippen LogP contribution in [0, 0.1) is 20.8 Å². The van der Waals surface area contributed by atoms with Crippen LogP contribution in [-0.4, -0.2) is 25.6 Å². The van der Waals surface area contributed by atoms with E-state index in [1.807, 2.05) is 55.7 Å². The molecule has 0 bridgehead atoms. The van der Waals surface area contributed by atoms with E-state index in [4.69, 9.17) is 4.52 Å². The molecule has 0 spiro atoms. The SMILES string of the molecule is Cc1cc(-n2c(C)cc(C(=O)CSC3=Nc4ccccc4CS3)c2C)no1. The van der Waals surface area contributed by atoms with E-state index in [0.717, 1.165) is 38.5 Å². The number of thioether (sulfide) groups is 2. The number of Topliss-reactive ketones (excluding diaryl/α,β-unsaturated/α-hetero) is 1. The van der Waals surface area contributed by atoms with Gasteiger partial charge in [0.25, 0.3) is 0 Å². The first-order valence-corrected chi connectivity index (χ1v) is 10.6. The van der Waals surface area contributed by atoms with Crippen LogP contribution in [0.4, 0.5) is 5.69 Å². The molecular formula is C20H19N3O2S2. The molecule has 27 heavy (non-hydrogen) atoms. The third-order valence-electron chi connectivity index (χ3n) is 4.46. The van der Waals surface area contributed by atoms with E-state index in [2.05, 4.69) is 16.2 Å². The number of carbonyl (C=O) groups is 1. The van der Waals surface area contributed by atoms with Crippen molar-refractivity contribution >= 4 is 39.4 Å². The Labute approximate surface area is 166 Å². The molecule has 0 saturated heterocycles. The van der Waals surface area contributed by atoms with Crippen LogP contribution in [0.3, 0.4) is 0 Å². The maximum atomic E-state index is 12.8. The minimum Gasteiger partial charge on any atom is -0.360 e. The van der Waals surface area contributed by atoms with Gasteiger partial charge in [-0.3, -0.25) is 9.36 Å². The van der Waals surface area contributed by atoms with Crippen LogP contribution < -0.4 is 0 Å². The maximum Gasteiger partial charge on any atom is 0.180 e. The van der Waals surface area contributed by atoms with E-state index in [1.165, 1.54) is 17.3 Å². The molecule has 0 N–H and O–H groups in total. The summed E-state index contributed by atoms with van der Waals surface area (Å²) in [6.45, 7) is 5.77. The molecule has 4 rings (SSSR count). The predicted octanol–water partition coefficient (Wildman–Crippen LogP) is 5.24. The number of ketones is 1. The molecular weight excluding hydrogens is 378 g/mol. The summed E-state index contributed by atoms with van der Waals surface area (Å²) >= 11 is 3.20. The summed E-state index contributed by atoms with van der Waals surface area (Å²) in [4.78, 5) is 17.5. The lowest BCUT2D eigenvalue weighted by atomic mass is 10.2. The van der Waals surface area contributed by atoms with Gasteiger partial charge in [0, 0.05) is 28.8 Å². The van der Waals surface area contributed by atoms with E-state index < -0.39 is 0 Å².